The van der Waals surface area contributed by atoms with E-state index in [4.69, 9.17) is 5.73 Å². The highest BCUT2D eigenvalue weighted by atomic mass is 79.9. The number of hydrogen-bond donors (Lipinski definition) is 2. The molecule has 3 N–H and O–H groups in total. The average molecular weight is 328 g/mol. The first kappa shape index (κ1) is 15.6. The summed E-state index contributed by atoms with van der Waals surface area (Å²) in [6.45, 7) is 3.88. The van der Waals surface area contributed by atoms with Gasteiger partial charge in [0.2, 0.25) is 11.8 Å². The summed E-state index contributed by atoms with van der Waals surface area (Å²) in [7, 11) is 0. The third kappa shape index (κ3) is 5.38. The quantitative estimate of drug-likeness (QED) is 0.774. The van der Waals surface area contributed by atoms with Gasteiger partial charge in [-0.3, -0.25) is 9.59 Å². The minimum atomic E-state index is -0.716. The number of nitrogens with one attached hydrogen (secondary N) is 1. The molecular weight excluding hydrogens is 310 g/mol. The van der Waals surface area contributed by atoms with E-state index in [1.54, 1.807) is 12.3 Å². The molecule has 6 heteroatoms. The molecule has 1 aromatic rings. The number of amides is 2. The molecule has 0 spiro atoms. The Hall–Kier alpha value is -1.43. The van der Waals surface area contributed by atoms with Crippen LogP contribution >= 0.6 is 15.9 Å². The monoisotopic (exact) mass is 327 g/mol. The lowest BCUT2D eigenvalue weighted by molar-refractivity contribution is -0.127. The molecule has 1 rings (SSSR count). The minimum Gasteiger partial charge on any atom is -0.368 e. The summed E-state index contributed by atoms with van der Waals surface area (Å²) in [4.78, 5) is 27.2. The van der Waals surface area contributed by atoms with Crippen molar-refractivity contribution in [2.75, 3.05) is 0 Å². The zero-order chi connectivity index (χ0) is 14.4. The van der Waals surface area contributed by atoms with Crippen LogP contribution in [0.1, 0.15) is 25.8 Å². The summed E-state index contributed by atoms with van der Waals surface area (Å²) in [6, 6.07) is 2.89. The van der Waals surface area contributed by atoms with Gasteiger partial charge in [0.15, 0.2) is 0 Å². The van der Waals surface area contributed by atoms with Crippen molar-refractivity contribution in [3.63, 3.8) is 0 Å². The summed E-state index contributed by atoms with van der Waals surface area (Å²) in [5, 5.41) is 2.66. The second-order valence-corrected chi connectivity index (χ2v) is 5.53. The third-order valence-electron chi connectivity index (χ3n) is 2.53. The fourth-order valence-corrected chi connectivity index (χ4v) is 2.05. The van der Waals surface area contributed by atoms with Gasteiger partial charge in [-0.25, -0.2) is 4.98 Å². The standard InChI is InChI=1S/C13H18BrN3O2/c1-8(2)6-11(18)17-10(13(15)19)7-9-4-3-5-16-12(9)14/h3-5,8,10H,6-7H2,1-2H3,(H2,15,19)(H,17,18)/t10-/m0/s1. The number of nitrogens with zero attached hydrogens (tertiary/aromatic N) is 1. The van der Waals surface area contributed by atoms with Gasteiger partial charge in [0.25, 0.3) is 0 Å². The molecule has 1 aromatic heterocycles. The zero-order valence-electron chi connectivity index (χ0n) is 11.0. The van der Waals surface area contributed by atoms with Crippen molar-refractivity contribution < 1.29 is 9.59 Å². The van der Waals surface area contributed by atoms with Crippen molar-refractivity contribution in [3.8, 4) is 0 Å². The lowest BCUT2D eigenvalue weighted by Gasteiger charge is -2.16. The molecule has 104 valence electrons. The number of pyridine rings is 1. The van der Waals surface area contributed by atoms with Crippen LogP contribution in [-0.2, 0) is 16.0 Å². The van der Waals surface area contributed by atoms with E-state index in [-0.39, 0.29) is 11.8 Å². The molecule has 19 heavy (non-hydrogen) atoms. The first-order valence-electron chi connectivity index (χ1n) is 6.08. The van der Waals surface area contributed by atoms with Gasteiger partial charge in [0.1, 0.15) is 10.6 Å². The lowest BCUT2D eigenvalue weighted by atomic mass is 10.1. The van der Waals surface area contributed by atoms with E-state index in [1.807, 2.05) is 19.9 Å². The summed E-state index contributed by atoms with van der Waals surface area (Å²) < 4.78 is 0.652. The number of primary amides is 1. The predicted octanol–water partition coefficient (Wildman–Crippen LogP) is 1.40. The molecular formula is C13H18BrN3O2. The first-order valence-corrected chi connectivity index (χ1v) is 6.87. The highest BCUT2D eigenvalue weighted by Crippen LogP contribution is 2.14. The molecule has 0 aromatic carbocycles. The topological polar surface area (TPSA) is 85.1 Å². The number of nitrogens with two attached hydrogens (primary N) is 1. The van der Waals surface area contributed by atoms with Gasteiger partial charge in [-0.05, 0) is 33.5 Å². The highest BCUT2D eigenvalue weighted by molar-refractivity contribution is 9.10. The van der Waals surface area contributed by atoms with Gasteiger partial charge in [-0.2, -0.15) is 0 Å². The molecule has 0 bridgehead atoms. The average Bonchev–Trinajstić information content (AvgIpc) is 2.29. The number of aromatic nitrogens is 1. The number of rotatable bonds is 6. The van der Waals surface area contributed by atoms with E-state index < -0.39 is 11.9 Å². The molecule has 0 radical (unpaired) electrons. The maximum Gasteiger partial charge on any atom is 0.240 e. The van der Waals surface area contributed by atoms with Crippen LogP contribution in [0.4, 0.5) is 0 Å². The van der Waals surface area contributed by atoms with Crippen molar-refractivity contribution in [2.45, 2.75) is 32.7 Å². The largest absolute Gasteiger partial charge is 0.368 e. The van der Waals surface area contributed by atoms with Gasteiger partial charge in [0, 0.05) is 19.0 Å². The maximum absolute atomic E-state index is 11.7. The summed E-state index contributed by atoms with van der Waals surface area (Å²) in [5.74, 6) is -0.481. The second-order valence-electron chi connectivity index (χ2n) is 4.78. The Kier molecular flexibility index (Phi) is 5.95. The molecule has 0 unspecified atom stereocenters. The van der Waals surface area contributed by atoms with Crippen molar-refractivity contribution >= 4 is 27.7 Å². The van der Waals surface area contributed by atoms with E-state index >= 15 is 0 Å². The Morgan fingerprint density at radius 3 is 2.68 bits per heavy atom. The van der Waals surface area contributed by atoms with Crippen LogP contribution in [0.25, 0.3) is 0 Å². The number of hydrogen-bond acceptors (Lipinski definition) is 3. The third-order valence-corrected chi connectivity index (χ3v) is 3.25. The van der Waals surface area contributed by atoms with Crippen LogP contribution in [0.3, 0.4) is 0 Å². The van der Waals surface area contributed by atoms with Crippen LogP contribution in [0.15, 0.2) is 22.9 Å². The van der Waals surface area contributed by atoms with E-state index in [0.717, 1.165) is 5.56 Å². The Bertz CT molecular complexity index is 463. The van der Waals surface area contributed by atoms with E-state index in [2.05, 4.69) is 26.2 Å². The SMILES string of the molecule is CC(C)CC(=O)N[C@@H](Cc1cccnc1Br)C(N)=O. The van der Waals surface area contributed by atoms with Gasteiger partial charge in [-0.15, -0.1) is 0 Å². The summed E-state index contributed by atoms with van der Waals surface area (Å²) in [5.41, 5.74) is 6.15. The Morgan fingerprint density at radius 2 is 2.16 bits per heavy atom. The minimum absolute atomic E-state index is 0.168. The van der Waals surface area contributed by atoms with Gasteiger partial charge >= 0.3 is 0 Å². The molecule has 0 fully saturated rings. The summed E-state index contributed by atoms with van der Waals surface area (Å²) in [6.07, 6.45) is 2.34. The maximum atomic E-state index is 11.7. The zero-order valence-corrected chi connectivity index (χ0v) is 12.6. The number of carbonyl (C=O) groups is 2. The predicted molar refractivity (Wildman–Crippen MR) is 76.2 cm³/mol. The highest BCUT2D eigenvalue weighted by Gasteiger charge is 2.20. The van der Waals surface area contributed by atoms with Gasteiger partial charge in [-0.1, -0.05) is 19.9 Å². The van der Waals surface area contributed by atoms with Gasteiger partial charge in [0.05, 0.1) is 0 Å². The van der Waals surface area contributed by atoms with Crippen LogP contribution in [0.2, 0.25) is 0 Å². The van der Waals surface area contributed by atoms with Crippen molar-refractivity contribution in [1.29, 1.82) is 0 Å². The van der Waals surface area contributed by atoms with Crippen molar-refractivity contribution in [2.24, 2.45) is 11.7 Å². The Labute approximate surface area is 121 Å². The van der Waals surface area contributed by atoms with Crippen LogP contribution < -0.4 is 11.1 Å². The smallest absolute Gasteiger partial charge is 0.240 e. The number of halogens is 1. The Morgan fingerprint density at radius 1 is 1.47 bits per heavy atom. The molecule has 1 heterocycles. The molecule has 2 amide bonds. The molecule has 0 aliphatic heterocycles. The second kappa shape index (κ2) is 7.23. The lowest BCUT2D eigenvalue weighted by Crippen LogP contribution is -2.46. The fourth-order valence-electron chi connectivity index (χ4n) is 1.64. The molecule has 1 atom stereocenters. The molecule has 5 nitrogen and oxygen atoms in total. The van der Waals surface area contributed by atoms with E-state index in [1.165, 1.54) is 0 Å². The first-order chi connectivity index (χ1) is 8.90. The van der Waals surface area contributed by atoms with Crippen molar-refractivity contribution in [3.05, 3.63) is 28.5 Å². The van der Waals surface area contributed by atoms with Crippen LogP contribution in [0, 0.1) is 5.92 Å². The Balaban J connectivity index is 2.71. The van der Waals surface area contributed by atoms with Gasteiger partial charge < -0.3 is 11.1 Å². The van der Waals surface area contributed by atoms with Crippen LogP contribution in [-0.4, -0.2) is 22.8 Å². The molecule has 0 saturated heterocycles. The van der Waals surface area contributed by atoms with Crippen LogP contribution in [0.5, 0.6) is 0 Å². The molecule has 0 aliphatic carbocycles. The number of carbonyl (C=O) groups excluding carboxylic acids is 2. The molecule has 0 saturated carbocycles. The fraction of sp³-hybridized carbons (Fsp3) is 0.462. The summed E-state index contributed by atoms with van der Waals surface area (Å²) >= 11 is 3.30. The van der Waals surface area contributed by atoms with Crippen molar-refractivity contribution in [1.82, 2.24) is 10.3 Å². The normalized spacial score (nSPS) is 12.2. The molecule has 0 aliphatic rings. The van der Waals surface area contributed by atoms with E-state index in [9.17, 15) is 9.59 Å². The van der Waals surface area contributed by atoms with E-state index in [0.29, 0.717) is 17.4 Å².